The van der Waals surface area contributed by atoms with Gasteiger partial charge in [-0.15, -0.1) is 0 Å². The van der Waals surface area contributed by atoms with Crippen LogP contribution in [0.1, 0.15) is 131 Å². The zero-order valence-electron chi connectivity index (χ0n) is 33.7. The summed E-state index contributed by atoms with van der Waals surface area (Å²) in [6, 6.07) is 0. The van der Waals surface area contributed by atoms with E-state index in [1.165, 1.54) is 0 Å². The molecule has 8 saturated carbocycles. The van der Waals surface area contributed by atoms with Crippen LogP contribution < -0.4 is 0 Å². The van der Waals surface area contributed by atoms with Crippen molar-refractivity contribution in [3.8, 4) is 0 Å². The van der Waals surface area contributed by atoms with Crippen molar-refractivity contribution in [2.45, 2.75) is 168 Å². The third-order valence-electron chi connectivity index (χ3n) is 19.7. The number of carbonyl (C=O) groups is 2. The molecule has 0 bridgehead atoms. The van der Waals surface area contributed by atoms with Crippen LogP contribution in [0.3, 0.4) is 0 Å². The fraction of sp³-hybridized carbons (Fsp3) is 0.955. The van der Waals surface area contributed by atoms with Gasteiger partial charge in [0.05, 0.1) is 48.5 Å². The second-order valence-electron chi connectivity index (χ2n) is 21.3. The summed E-state index contributed by atoms with van der Waals surface area (Å²) in [5.41, 5.74) is -0.751. The van der Waals surface area contributed by atoms with Crippen LogP contribution in [0.25, 0.3) is 0 Å². The van der Waals surface area contributed by atoms with Gasteiger partial charge >= 0.3 is 11.9 Å². The molecule has 22 atom stereocenters. The average molecular weight is 761 g/mol. The summed E-state index contributed by atoms with van der Waals surface area (Å²) in [5.74, 6) is -0.826. The van der Waals surface area contributed by atoms with Crippen LogP contribution >= 0.6 is 0 Å². The fourth-order valence-electron chi connectivity index (χ4n) is 16.4. The quantitative estimate of drug-likeness (QED) is 0.185. The van der Waals surface area contributed by atoms with E-state index >= 15 is 0 Å². The van der Waals surface area contributed by atoms with Gasteiger partial charge in [-0.1, -0.05) is 41.5 Å². The average Bonchev–Trinajstić information content (AvgIpc) is 3.65. The Bertz CT molecular complexity index is 1320. The number of fused-ring (bicyclic) bond motifs is 10. The Morgan fingerprint density at radius 3 is 1.19 bits per heavy atom. The van der Waals surface area contributed by atoms with Gasteiger partial charge in [0.15, 0.2) is 0 Å². The van der Waals surface area contributed by atoms with Crippen LogP contribution in [0.2, 0.25) is 0 Å². The van der Waals surface area contributed by atoms with E-state index in [0.717, 1.165) is 77.0 Å². The molecule has 10 nitrogen and oxygen atoms in total. The van der Waals surface area contributed by atoms with E-state index in [2.05, 4.69) is 27.7 Å². The van der Waals surface area contributed by atoms with Gasteiger partial charge in [0, 0.05) is 10.8 Å². The zero-order chi connectivity index (χ0) is 39.4. The Morgan fingerprint density at radius 1 is 0.500 bits per heavy atom. The molecule has 8 aliphatic rings. The van der Waals surface area contributed by atoms with Gasteiger partial charge in [0.1, 0.15) is 0 Å². The lowest BCUT2D eigenvalue weighted by atomic mass is 9.43. The van der Waals surface area contributed by atoms with Crippen molar-refractivity contribution in [1.29, 1.82) is 0 Å². The van der Waals surface area contributed by atoms with Gasteiger partial charge in [-0.3, -0.25) is 9.59 Å². The maximum Gasteiger partial charge on any atom is 0.306 e. The summed E-state index contributed by atoms with van der Waals surface area (Å²) in [5, 5.41) is 84.4. The van der Waals surface area contributed by atoms with Crippen LogP contribution in [0, 0.1) is 92.7 Å². The molecule has 308 valence electrons. The minimum Gasteiger partial charge on any atom is -0.481 e. The molecule has 0 saturated heterocycles. The summed E-state index contributed by atoms with van der Waals surface area (Å²) < 4.78 is 0. The van der Waals surface area contributed by atoms with Crippen molar-refractivity contribution in [2.24, 2.45) is 92.7 Å². The smallest absolute Gasteiger partial charge is 0.306 e. The summed E-state index contributed by atoms with van der Waals surface area (Å²) >= 11 is 0. The molecule has 8 aliphatic carbocycles. The first-order chi connectivity index (χ1) is 25.2. The van der Waals surface area contributed by atoms with E-state index < -0.39 is 59.0 Å². The Kier molecular flexibility index (Phi) is 10.8. The molecule has 0 radical (unpaired) electrons. The first-order valence-electron chi connectivity index (χ1n) is 21.7. The second-order valence-corrected chi connectivity index (χ2v) is 21.3. The molecule has 0 aromatic heterocycles. The number of aliphatic hydroxyl groups is 6. The molecule has 0 heterocycles. The largest absolute Gasteiger partial charge is 0.481 e. The number of aliphatic hydroxyl groups excluding tert-OH is 6. The Hall–Kier alpha value is -1.30. The SMILES string of the molecule is C[C@H](C(=O)O)[C@H]1CC[C@H]2[C@@H]3[C@H](O)C[C@@H]4C[C@H](O)CC[C@]4(C)[C@H]3C[C@H](O)[C@]12C.C[C@H](C(=O)O)[C@H]1CC[C@H]2[C@@H]3[C@H](O)C[C@@H]4C[C@H](O)CC[C@]4(C)[C@H]3C[C@H](O)[C@]12C. The number of carboxylic acids is 2. The third-order valence-corrected chi connectivity index (χ3v) is 19.7. The van der Waals surface area contributed by atoms with Crippen LogP contribution in [0.4, 0.5) is 0 Å². The van der Waals surface area contributed by atoms with Crippen LogP contribution in [0.15, 0.2) is 0 Å². The van der Waals surface area contributed by atoms with E-state index in [0.29, 0.717) is 24.7 Å². The minimum atomic E-state index is -0.784. The van der Waals surface area contributed by atoms with Crippen molar-refractivity contribution < 1.29 is 50.4 Å². The van der Waals surface area contributed by atoms with Gasteiger partial charge in [-0.2, -0.15) is 0 Å². The topological polar surface area (TPSA) is 196 Å². The van der Waals surface area contributed by atoms with Crippen molar-refractivity contribution in [2.75, 3.05) is 0 Å². The van der Waals surface area contributed by atoms with Gasteiger partial charge in [0.25, 0.3) is 0 Å². The molecule has 10 heteroatoms. The van der Waals surface area contributed by atoms with Crippen LogP contribution in [-0.4, -0.2) is 89.4 Å². The highest BCUT2D eigenvalue weighted by atomic mass is 16.4. The molecule has 8 fully saturated rings. The highest BCUT2D eigenvalue weighted by Crippen LogP contribution is 2.70. The maximum atomic E-state index is 11.7. The molecular weight excluding hydrogens is 688 g/mol. The lowest BCUT2D eigenvalue weighted by Gasteiger charge is -2.63. The van der Waals surface area contributed by atoms with Gasteiger partial charge < -0.3 is 40.9 Å². The lowest BCUT2D eigenvalue weighted by Crippen LogP contribution is -2.62. The molecule has 0 aromatic carbocycles. The second kappa shape index (κ2) is 14.2. The fourth-order valence-corrected chi connectivity index (χ4v) is 16.4. The van der Waals surface area contributed by atoms with Crippen molar-refractivity contribution in [1.82, 2.24) is 0 Å². The first-order valence-corrected chi connectivity index (χ1v) is 21.7. The first kappa shape index (κ1) is 40.9. The van der Waals surface area contributed by atoms with Crippen molar-refractivity contribution >= 4 is 11.9 Å². The van der Waals surface area contributed by atoms with Gasteiger partial charge in [-0.05, 0) is 160 Å². The Balaban J connectivity index is 0.000000167. The van der Waals surface area contributed by atoms with E-state index in [1.54, 1.807) is 13.8 Å². The predicted octanol–water partition coefficient (Wildman–Crippen LogP) is 5.34. The van der Waals surface area contributed by atoms with Crippen molar-refractivity contribution in [3.05, 3.63) is 0 Å². The highest BCUT2D eigenvalue weighted by molar-refractivity contribution is 5.70. The minimum absolute atomic E-state index is 0.0399. The van der Waals surface area contributed by atoms with E-state index in [9.17, 15) is 50.4 Å². The summed E-state index contributed by atoms with van der Waals surface area (Å²) in [4.78, 5) is 23.3. The molecule has 0 amide bonds. The van der Waals surface area contributed by atoms with Crippen LogP contribution in [-0.2, 0) is 9.59 Å². The number of rotatable bonds is 4. The number of hydrogen-bond donors (Lipinski definition) is 8. The summed E-state index contributed by atoms with van der Waals surface area (Å²) in [6.07, 6.45) is 8.87. The van der Waals surface area contributed by atoms with E-state index in [-0.39, 0.29) is 70.4 Å². The molecule has 0 unspecified atom stereocenters. The maximum absolute atomic E-state index is 11.7. The monoisotopic (exact) mass is 761 g/mol. The standard InChI is InChI=1S/2C22H36O5/c2*1-11(20(26)27)14-4-5-15-19-16(10-18(25)22(14,15)3)21(2)7-6-13(23)8-12(21)9-17(19)24/h2*11-19,23-25H,4-10H2,1-3H3,(H,26,27)/t2*11-,12-,13+,14+,15-,16-,17+,18-,19-,21-,22+/m00/s1. The molecule has 0 spiro atoms. The Labute approximate surface area is 322 Å². The molecular formula is C44H72O10. The number of hydrogen-bond acceptors (Lipinski definition) is 8. The molecule has 0 aliphatic heterocycles. The predicted molar refractivity (Wildman–Crippen MR) is 202 cm³/mol. The normalized spacial score (nSPS) is 55.9. The van der Waals surface area contributed by atoms with Gasteiger partial charge in [0.2, 0.25) is 0 Å². The highest BCUT2D eigenvalue weighted by Gasteiger charge is 2.68. The van der Waals surface area contributed by atoms with Crippen molar-refractivity contribution in [3.63, 3.8) is 0 Å². The van der Waals surface area contributed by atoms with Crippen LogP contribution in [0.5, 0.6) is 0 Å². The van der Waals surface area contributed by atoms with E-state index in [1.807, 2.05) is 0 Å². The molecule has 8 N–H and O–H groups in total. The molecule has 54 heavy (non-hydrogen) atoms. The van der Waals surface area contributed by atoms with E-state index in [4.69, 9.17) is 0 Å². The Morgan fingerprint density at radius 2 is 0.852 bits per heavy atom. The molecule has 0 aromatic rings. The summed E-state index contributed by atoms with van der Waals surface area (Å²) in [7, 11) is 0. The number of aliphatic carboxylic acids is 2. The zero-order valence-corrected chi connectivity index (χ0v) is 33.7. The van der Waals surface area contributed by atoms with Gasteiger partial charge in [-0.25, -0.2) is 0 Å². The molecule has 8 rings (SSSR count). The lowest BCUT2D eigenvalue weighted by molar-refractivity contribution is -0.207. The summed E-state index contributed by atoms with van der Waals surface area (Å²) in [6.45, 7) is 12.3. The third kappa shape index (κ3) is 5.98. The number of carboxylic acid groups (broad SMARTS) is 2.